The molecule has 0 fully saturated rings. The third kappa shape index (κ3) is 4.76. The van der Waals surface area contributed by atoms with Crippen molar-refractivity contribution in [1.82, 2.24) is 0 Å². The minimum atomic E-state index is -0.803. The Labute approximate surface area is 234 Å². The monoisotopic (exact) mass is 556 g/mol. The summed E-state index contributed by atoms with van der Waals surface area (Å²) in [5.41, 5.74) is 2.74. The molecule has 2 aliphatic rings. The molecule has 1 aliphatic heterocycles. The van der Waals surface area contributed by atoms with Crippen molar-refractivity contribution in [1.29, 1.82) is 0 Å². The summed E-state index contributed by atoms with van der Waals surface area (Å²) < 4.78 is 47.0. The van der Waals surface area contributed by atoms with Gasteiger partial charge in [-0.1, -0.05) is 19.9 Å². The Balaban J connectivity index is 2.21. The molecule has 0 aromatic heterocycles. The third-order valence-electron chi connectivity index (χ3n) is 7.64. The molecule has 4 rings (SSSR count). The Morgan fingerprint density at radius 3 is 1.93 bits per heavy atom. The van der Waals surface area contributed by atoms with E-state index in [1.807, 2.05) is 13.8 Å². The van der Waals surface area contributed by atoms with Crippen molar-refractivity contribution in [2.24, 2.45) is 11.8 Å². The van der Waals surface area contributed by atoms with E-state index in [4.69, 9.17) is 37.9 Å². The first-order valence-electron chi connectivity index (χ1n) is 13.0. The number of carbonyl (C=O) groups is 2. The molecule has 216 valence electrons. The first-order valence-corrected chi connectivity index (χ1v) is 13.0. The number of esters is 2. The number of benzene rings is 2. The van der Waals surface area contributed by atoms with Gasteiger partial charge in [-0.3, -0.25) is 4.79 Å². The highest BCUT2D eigenvalue weighted by Crippen LogP contribution is 2.60. The van der Waals surface area contributed by atoms with Gasteiger partial charge in [-0.05, 0) is 26.0 Å². The number of hydrogen-bond donors (Lipinski definition) is 0. The van der Waals surface area contributed by atoms with Crippen LogP contribution in [0.25, 0.3) is 11.1 Å². The zero-order valence-corrected chi connectivity index (χ0v) is 24.3. The fourth-order valence-corrected chi connectivity index (χ4v) is 5.33. The Kier molecular flexibility index (Phi) is 8.37. The molecule has 0 bridgehead atoms. The second kappa shape index (κ2) is 11.6. The van der Waals surface area contributed by atoms with Gasteiger partial charge in [0.05, 0.1) is 28.4 Å². The molecule has 0 saturated carbocycles. The van der Waals surface area contributed by atoms with Crippen molar-refractivity contribution in [3.05, 3.63) is 34.9 Å². The normalized spacial score (nSPS) is 21.3. The van der Waals surface area contributed by atoms with Crippen LogP contribution < -0.4 is 28.4 Å². The maximum Gasteiger partial charge on any atom is 0.333 e. The Morgan fingerprint density at radius 1 is 0.800 bits per heavy atom. The smallest absolute Gasteiger partial charge is 0.333 e. The molecule has 0 radical (unpaired) electrons. The van der Waals surface area contributed by atoms with Crippen molar-refractivity contribution in [2.75, 3.05) is 35.2 Å². The van der Waals surface area contributed by atoms with E-state index in [-0.39, 0.29) is 18.6 Å². The molecule has 0 saturated heterocycles. The van der Waals surface area contributed by atoms with Gasteiger partial charge in [-0.15, -0.1) is 0 Å². The first-order chi connectivity index (χ1) is 19.1. The molecule has 10 nitrogen and oxygen atoms in total. The van der Waals surface area contributed by atoms with E-state index in [0.717, 1.165) is 0 Å². The molecule has 0 amide bonds. The van der Waals surface area contributed by atoms with E-state index in [2.05, 4.69) is 0 Å². The Bertz CT molecular complexity index is 1340. The summed E-state index contributed by atoms with van der Waals surface area (Å²) in [5, 5.41) is 0. The van der Waals surface area contributed by atoms with Crippen LogP contribution >= 0.6 is 0 Å². The van der Waals surface area contributed by atoms with Crippen LogP contribution in [-0.2, 0) is 19.1 Å². The minimum absolute atomic E-state index is 0.00241. The Morgan fingerprint density at radius 2 is 1.38 bits per heavy atom. The van der Waals surface area contributed by atoms with E-state index >= 15 is 0 Å². The summed E-state index contributed by atoms with van der Waals surface area (Å²) in [6.07, 6.45) is 0.124. The standard InChI is InChI=1S/C30H36O10/c1-10-14(2)30(32)40-25-16(4)15(3)24(39-17(5)31)19-12-21-27(38-13-37-21)29(36-9)23(19)22-18(25)11-20(33-6)26(34-7)28(22)35-8/h10-12,15-16,24-25H,13H2,1-9H3/t15-,16+,24+,25-/m1/s1. The zero-order valence-electron chi connectivity index (χ0n) is 24.3. The van der Waals surface area contributed by atoms with Gasteiger partial charge in [-0.25, -0.2) is 4.79 Å². The second-order valence-corrected chi connectivity index (χ2v) is 9.76. The van der Waals surface area contributed by atoms with Gasteiger partial charge in [0, 0.05) is 46.6 Å². The van der Waals surface area contributed by atoms with Gasteiger partial charge in [0.15, 0.2) is 23.0 Å². The summed E-state index contributed by atoms with van der Waals surface area (Å²) in [6, 6.07) is 3.58. The summed E-state index contributed by atoms with van der Waals surface area (Å²) >= 11 is 0. The zero-order chi connectivity index (χ0) is 29.3. The van der Waals surface area contributed by atoms with Gasteiger partial charge >= 0.3 is 11.9 Å². The summed E-state index contributed by atoms with van der Waals surface area (Å²) in [5.74, 6) is 0.625. The molecule has 0 unspecified atom stereocenters. The molecule has 2 aromatic carbocycles. The van der Waals surface area contributed by atoms with E-state index in [1.165, 1.54) is 35.4 Å². The summed E-state index contributed by atoms with van der Waals surface area (Å²) in [6.45, 7) is 8.72. The lowest BCUT2D eigenvalue weighted by Crippen LogP contribution is -2.31. The maximum atomic E-state index is 13.2. The molecule has 1 aliphatic carbocycles. The number of ether oxygens (including phenoxy) is 8. The van der Waals surface area contributed by atoms with Gasteiger partial charge in [0.1, 0.15) is 12.2 Å². The molecular formula is C30H36O10. The molecule has 1 heterocycles. The Hall–Kier alpha value is -4.08. The van der Waals surface area contributed by atoms with Crippen LogP contribution in [0.15, 0.2) is 23.8 Å². The van der Waals surface area contributed by atoms with Crippen LogP contribution in [0.5, 0.6) is 34.5 Å². The lowest BCUT2D eigenvalue weighted by Gasteiger charge is -2.38. The van der Waals surface area contributed by atoms with Gasteiger partial charge < -0.3 is 37.9 Å². The number of rotatable bonds is 7. The number of allylic oxidation sites excluding steroid dienone is 1. The largest absolute Gasteiger partial charge is 0.493 e. The molecule has 2 aromatic rings. The van der Waals surface area contributed by atoms with Gasteiger partial charge in [0.25, 0.3) is 0 Å². The summed E-state index contributed by atoms with van der Waals surface area (Å²) in [7, 11) is 6.05. The number of fused-ring (bicyclic) bond motifs is 4. The second-order valence-electron chi connectivity index (χ2n) is 9.76. The molecule has 40 heavy (non-hydrogen) atoms. The molecule has 0 spiro atoms. The average molecular weight is 557 g/mol. The van der Waals surface area contributed by atoms with E-state index in [1.54, 1.807) is 32.1 Å². The van der Waals surface area contributed by atoms with Crippen molar-refractivity contribution < 1.29 is 47.5 Å². The molecule has 4 atom stereocenters. The van der Waals surface area contributed by atoms with Crippen LogP contribution in [0, 0.1) is 11.8 Å². The van der Waals surface area contributed by atoms with Gasteiger partial charge in [-0.2, -0.15) is 0 Å². The van der Waals surface area contributed by atoms with Crippen molar-refractivity contribution in [3.63, 3.8) is 0 Å². The van der Waals surface area contributed by atoms with Gasteiger partial charge in [0.2, 0.25) is 18.3 Å². The fourth-order valence-electron chi connectivity index (χ4n) is 5.33. The molecular weight excluding hydrogens is 520 g/mol. The van der Waals surface area contributed by atoms with Crippen LogP contribution in [0.2, 0.25) is 0 Å². The fraction of sp³-hybridized carbons (Fsp3) is 0.467. The van der Waals surface area contributed by atoms with Crippen LogP contribution in [-0.4, -0.2) is 47.2 Å². The van der Waals surface area contributed by atoms with Crippen LogP contribution in [0.4, 0.5) is 0 Å². The lowest BCUT2D eigenvalue weighted by atomic mass is 9.74. The quantitative estimate of drug-likeness (QED) is 0.318. The van der Waals surface area contributed by atoms with E-state index in [9.17, 15) is 9.59 Å². The van der Waals surface area contributed by atoms with Crippen molar-refractivity contribution >= 4 is 11.9 Å². The number of hydrogen-bond acceptors (Lipinski definition) is 10. The number of carbonyl (C=O) groups excluding carboxylic acids is 2. The van der Waals surface area contributed by atoms with E-state index < -0.39 is 24.1 Å². The highest BCUT2D eigenvalue weighted by Gasteiger charge is 2.44. The minimum Gasteiger partial charge on any atom is -0.493 e. The number of methoxy groups -OCH3 is 4. The van der Waals surface area contributed by atoms with Crippen molar-refractivity contribution in [3.8, 4) is 45.6 Å². The van der Waals surface area contributed by atoms with Crippen molar-refractivity contribution in [2.45, 2.75) is 46.8 Å². The lowest BCUT2D eigenvalue weighted by molar-refractivity contribution is -0.157. The maximum absolute atomic E-state index is 13.2. The van der Waals surface area contributed by atoms with Crippen LogP contribution in [0.1, 0.15) is 58.0 Å². The topological polar surface area (TPSA) is 108 Å². The van der Waals surface area contributed by atoms with E-state index in [0.29, 0.717) is 62.3 Å². The highest BCUT2D eigenvalue weighted by molar-refractivity contribution is 5.91. The SMILES string of the molecule is CC=C(C)C(=O)O[C@H]1c2cc(OC)c(OC)c(OC)c2-c2c(cc3c(c2OC)OCO3)[C@@H](OC(C)=O)[C@H](C)[C@@H]1C. The molecule has 10 heteroatoms. The predicted molar refractivity (Wildman–Crippen MR) is 145 cm³/mol. The average Bonchev–Trinajstić information content (AvgIpc) is 3.43. The predicted octanol–water partition coefficient (Wildman–Crippen LogP) is 5.56. The third-order valence-corrected chi connectivity index (χ3v) is 7.64. The van der Waals surface area contributed by atoms with Crippen LogP contribution in [0.3, 0.4) is 0 Å². The highest BCUT2D eigenvalue weighted by atomic mass is 16.7. The summed E-state index contributed by atoms with van der Waals surface area (Å²) in [4.78, 5) is 25.6. The first kappa shape index (κ1) is 28.9. The molecule has 0 N–H and O–H groups in total.